The van der Waals surface area contributed by atoms with E-state index in [9.17, 15) is 0 Å². The zero-order valence-corrected chi connectivity index (χ0v) is 15.0. The van der Waals surface area contributed by atoms with E-state index in [1.54, 1.807) is 7.11 Å². The normalized spacial score (nSPS) is 14.5. The highest BCUT2D eigenvalue weighted by atomic mass is 79.9. The molecule has 0 aliphatic carbocycles. The summed E-state index contributed by atoms with van der Waals surface area (Å²) >= 11 is 3.71. The Labute approximate surface area is 131 Å². The molecule has 0 radical (unpaired) electrons. The van der Waals surface area contributed by atoms with Gasteiger partial charge >= 0.3 is 0 Å². The zero-order valence-electron chi connectivity index (χ0n) is 13.4. The summed E-state index contributed by atoms with van der Waals surface area (Å²) in [7, 11) is 3.77. The predicted molar refractivity (Wildman–Crippen MR) is 87.1 cm³/mol. The summed E-state index contributed by atoms with van der Waals surface area (Å²) in [6.45, 7) is 9.38. The van der Waals surface area contributed by atoms with Crippen LogP contribution in [0.5, 0.6) is 0 Å². The first-order chi connectivity index (χ1) is 9.47. The van der Waals surface area contributed by atoms with E-state index in [-0.39, 0.29) is 5.41 Å². The number of nitrogens with one attached hydrogen (secondary N) is 1. The van der Waals surface area contributed by atoms with Crippen molar-refractivity contribution in [3.8, 4) is 0 Å². The third kappa shape index (κ3) is 4.57. The van der Waals surface area contributed by atoms with E-state index < -0.39 is 0 Å². The van der Waals surface area contributed by atoms with E-state index in [0.29, 0.717) is 0 Å². The standard InChI is InChI=1S/C15H28BrN3O/c1-6-12-14(16)13(19(4)18-12)10-15(3,7-2)11-17-8-9-20-5/h17H,6-11H2,1-5H3. The van der Waals surface area contributed by atoms with Gasteiger partial charge in [-0.05, 0) is 40.6 Å². The van der Waals surface area contributed by atoms with Crippen molar-refractivity contribution in [1.29, 1.82) is 0 Å². The molecule has 4 nitrogen and oxygen atoms in total. The minimum absolute atomic E-state index is 0.231. The molecule has 1 aromatic heterocycles. The molecule has 0 saturated heterocycles. The molecule has 0 bridgehead atoms. The van der Waals surface area contributed by atoms with Crippen molar-refractivity contribution >= 4 is 15.9 Å². The summed E-state index contributed by atoms with van der Waals surface area (Å²) in [4.78, 5) is 0. The van der Waals surface area contributed by atoms with Gasteiger partial charge in [-0.15, -0.1) is 0 Å². The van der Waals surface area contributed by atoms with Gasteiger partial charge in [-0.1, -0.05) is 20.8 Å². The lowest BCUT2D eigenvalue weighted by atomic mass is 9.82. The van der Waals surface area contributed by atoms with E-state index in [0.717, 1.165) is 44.7 Å². The number of nitrogens with zero attached hydrogens (tertiary/aromatic N) is 2. The van der Waals surface area contributed by atoms with Gasteiger partial charge < -0.3 is 10.1 Å². The second-order valence-corrected chi connectivity index (χ2v) is 6.49. The Morgan fingerprint density at radius 2 is 2.10 bits per heavy atom. The minimum Gasteiger partial charge on any atom is -0.383 e. The number of hydrogen-bond donors (Lipinski definition) is 1. The molecule has 0 spiro atoms. The molecule has 116 valence electrons. The van der Waals surface area contributed by atoms with Crippen molar-refractivity contribution < 1.29 is 4.74 Å². The Morgan fingerprint density at radius 3 is 2.60 bits per heavy atom. The maximum Gasteiger partial charge on any atom is 0.0766 e. The first-order valence-electron chi connectivity index (χ1n) is 7.37. The molecule has 1 heterocycles. The molecule has 0 aliphatic heterocycles. The van der Waals surface area contributed by atoms with Crippen LogP contribution < -0.4 is 5.32 Å². The van der Waals surface area contributed by atoms with Crippen molar-refractivity contribution in [2.45, 2.75) is 40.0 Å². The van der Waals surface area contributed by atoms with Crippen molar-refractivity contribution in [2.24, 2.45) is 12.5 Å². The lowest BCUT2D eigenvalue weighted by molar-refractivity contribution is 0.190. The smallest absolute Gasteiger partial charge is 0.0766 e. The maximum absolute atomic E-state index is 5.08. The van der Waals surface area contributed by atoms with Crippen LogP contribution in [0.25, 0.3) is 0 Å². The summed E-state index contributed by atoms with van der Waals surface area (Å²) in [6, 6.07) is 0. The summed E-state index contributed by atoms with van der Waals surface area (Å²) < 4.78 is 8.28. The second-order valence-electron chi connectivity index (χ2n) is 5.70. The Kier molecular flexibility index (Phi) is 7.20. The molecular formula is C15H28BrN3O. The third-order valence-corrected chi connectivity index (χ3v) is 4.90. The summed E-state index contributed by atoms with van der Waals surface area (Å²) in [6.07, 6.45) is 3.11. The number of hydrogen-bond acceptors (Lipinski definition) is 3. The Bertz CT molecular complexity index is 419. The van der Waals surface area contributed by atoms with E-state index in [1.807, 2.05) is 11.7 Å². The molecule has 1 N–H and O–H groups in total. The molecule has 1 atom stereocenters. The molecule has 0 amide bonds. The monoisotopic (exact) mass is 345 g/mol. The summed E-state index contributed by atoms with van der Waals surface area (Å²) in [5, 5.41) is 8.07. The lowest BCUT2D eigenvalue weighted by Crippen LogP contribution is -2.35. The van der Waals surface area contributed by atoms with Crippen LogP contribution >= 0.6 is 15.9 Å². The highest BCUT2D eigenvalue weighted by Crippen LogP contribution is 2.31. The average Bonchev–Trinajstić information content (AvgIpc) is 2.71. The van der Waals surface area contributed by atoms with E-state index >= 15 is 0 Å². The van der Waals surface area contributed by atoms with Gasteiger partial charge in [0.05, 0.1) is 22.5 Å². The van der Waals surface area contributed by atoms with Crippen LogP contribution in [-0.4, -0.2) is 36.6 Å². The fourth-order valence-corrected chi connectivity index (χ4v) is 3.05. The van der Waals surface area contributed by atoms with Crippen molar-refractivity contribution in [3.63, 3.8) is 0 Å². The van der Waals surface area contributed by atoms with Gasteiger partial charge in [0.2, 0.25) is 0 Å². The van der Waals surface area contributed by atoms with Crippen molar-refractivity contribution in [3.05, 3.63) is 15.9 Å². The van der Waals surface area contributed by atoms with Crippen LogP contribution in [0.4, 0.5) is 0 Å². The van der Waals surface area contributed by atoms with Gasteiger partial charge in [0.15, 0.2) is 0 Å². The minimum atomic E-state index is 0.231. The number of ether oxygens (including phenoxy) is 1. The van der Waals surface area contributed by atoms with Crippen LogP contribution in [-0.2, 0) is 24.6 Å². The number of halogens is 1. The van der Waals surface area contributed by atoms with Crippen LogP contribution in [0, 0.1) is 5.41 Å². The molecule has 1 aromatic rings. The molecule has 0 aromatic carbocycles. The first-order valence-corrected chi connectivity index (χ1v) is 8.16. The number of rotatable bonds is 9. The summed E-state index contributed by atoms with van der Waals surface area (Å²) in [5.41, 5.74) is 2.67. The van der Waals surface area contributed by atoms with Gasteiger partial charge in [0, 0.05) is 27.2 Å². The SMILES string of the molecule is CCc1nn(C)c(CC(C)(CC)CNCCOC)c1Br. The molecular weight excluding hydrogens is 318 g/mol. The van der Waals surface area contributed by atoms with Gasteiger partial charge in [-0.25, -0.2) is 0 Å². The largest absolute Gasteiger partial charge is 0.383 e. The van der Waals surface area contributed by atoms with E-state index in [1.165, 1.54) is 10.2 Å². The topological polar surface area (TPSA) is 39.1 Å². The third-order valence-electron chi connectivity index (χ3n) is 3.99. The fourth-order valence-electron chi connectivity index (χ4n) is 2.29. The van der Waals surface area contributed by atoms with Crippen LogP contribution in [0.3, 0.4) is 0 Å². The van der Waals surface area contributed by atoms with Gasteiger partial charge in [-0.2, -0.15) is 5.10 Å². The second kappa shape index (κ2) is 8.15. The van der Waals surface area contributed by atoms with Gasteiger partial charge in [0.25, 0.3) is 0 Å². The number of aromatic nitrogens is 2. The van der Waals surface area contributed by atoms with Crippen LogP contribution in [0.15, 0.2) is 4.47 Å². The quantitative estimate of drug-likeness (QED) is 0.699. The average molecular weight is 346 g/mol. The maximum atomic E-state index is 5.08. The van der Waals surface area contributed by atoms with Crippen LogP contribution in [0.1, 0.15) is 38.6 Å². The lowest BCUT2D eigenvalue weighted by Gasteiger charge is -2.29. The number of aryl methyl sites for hydroxylation is 2. The highest BCUT2D eigenvalue weighted by molar-refractivity contribution is 9.10. The Hall–Kier alpha value is -0.390. The van der Waals surface area contributed by atoms with E-state index in [2.05, 4.69) is 47.1 Å². The van der Waals surface area contributed by atoms with Gasteiger partial charge in [-0.3, -0.25) is 4.68 Å². The predicted octanol–water partition coefficient (Wildman–Crippen LogP) is 2.94. The highest BCUT2D eigenvalue weighted by Gasteiger charge is 2.26. The van der Waals surface area contributed by atoms with E-state index in [4.69, 9.17) is 4.74 Å². The fraction of sp³-hybridized carbons (Fsp3) is 0.800. The molecule has 0 saturated carbocycles. The van der Waals surface area contributed by atoms with Gasteiger partial charge in [0.1, 0.15) is 0 Å². The zero-order chi connectivity index (χ0) is 15.2. The Morgan fingerprint density at radius 1 is 1.40 bits per heavy atom. The first kappa shape index (κ1) is 17.7. The molecule has 5 heteroatoms. The molecule has 0 fully saturated rings. The molecule has 0 aliphatic rings. The van der Waals surface area contributed by atoms with Crippen molar-refractivity contribution in [1.82, 2.24) is 15.1 Å². The Balaban J connectivity index is 2.74. The summed E-state index contributed by atoms with van der Waals surface area (Å²) in [5.74, 6) is 0. The molecule has 1 rings (SSSR count). The number of methoxy groups -OCH3 is 1. The molecule has 20 heavy (non-hydrogen) atoms. The molecule has 1 unspecified atom stereocenters. The van der Waals surface area contributed by atoms with Crippen LogP contribution in [0.2, 0.25) is 0 Å². The van der Waals surface area contributed by atoms with Crippen molar-refractivity contribution in [2.75, 3.05) is 26.8 Å².